The van der Waals surface area contributed by atoms with Gasteiger partial charge in [0.25, 0.3) is 0 Å². The van der Waals surface area contributed by atoms with Crippen LogP contribution in [0.15, 0.2) is 15.9 Å². The van der Waals surface area contributed by atoms with Crippen molar-refractivity contribution in [2.45, 2.75) is 58.0 Å². The van der Waals surface area contributed by atoms with E-state index in [1.54, 1.807) is 11.3 Å². The third kappa shape index (κ3) is 3.58. The first-order valence-corrected chi connectivity index (χ1v) is 9.81. The maximum absolute atomic E-state index is 4.93. The second kappa shape index (κ2) is 5.76. The molecule has 1 aliphatic rings. The van der Waals surface area contributed by atoms with Crippen LogP contribution in [0.2, 0.25) is 0 Å². The van der Waals surface area contributed by atoms with Gasteiger partial charge in [0.1, 0.15) is 5.01 Å². The number of thiazole rings is 1. The molecular formula is C16H21BrN2S2. The van der Waals surface area contributed by atoms with Crippen molar-refractivity contribution in [2.75, 3.05) is 0 Å². The Morgan fingerprint density at radius 2 is 2.10 bits per heavy atom. The van der Waals surface area contributed by atoms with Crippen LogP contribution in [0, 0.1) is 6.92 Å². The molecule has 2 nitrogen and oxygen atoms in total. The zero-order valence-electron chi connectivity index (χ0n) is 12.9. The van der Waals surface area contributed by atoms with Gasteiger partial charge in [0, 0.05) is 31.1 Å². The number of aromatic nitrogens is 1. The molecule has 0 radical (unpaired) electrons. The van der Waals surface area contributed by atoms with Gasteiger partial charge in [-0.2, -0.15) is 0 Å². The molecule has 2 aromatic heterocycles. The van der Waals surface area contributed by atoms with E-state index in [1.165, 1.54) is 37.8 Å². The molecule has 0 amide bonds. The summed E-state index contributed by atoms with van der Waals surface area (Å²) in [5.41, 5.74) is 1.31. The van der Waals surface area contributed by atoms with Crippen LogP contribution in [0.1, 0.15) is 60.1 Å². The largest absolute Gasteiger partial charge is 0.301 e. The Morgan fingerprint density at radius 3 is 2.57 bits per heavy atom. The van der Waals surface area contributed by atoms with Gasteiger partial charge in [0.05, 0.1) is 11.7 Å². The Balaban J connectivity index is 1.93. The van der Waals surface area contributed by atoms with Crippen molar-refractivity contribution >= 4 is 38.6 Å². The predicted octanol–water partition coefficient (Wildman–Crippen LogP) is 5.41. The zero-order chi connectivity index (χ0) is 15.2. The molecule has 1 unspecified atom stereocenters. The molecule has 2 aromatic rings. The Labute approximate surface area is 143 Å². The molecule has 0 aliphatic heterocycles. The van der Waals surface area contributed by atoms with Gasteiger partial charge in [0.15, 0.2) is 0 Å². The van der Waals surface area contributed by atoms with Crippen LogP contribution in [0.3, 0.4) is 0 Å². The van der Waals surface area contributed by atoms with Gasteiger partial charge in [-0.15, -0.1) is 22.7 Å². The van der Waals surface area contributed by atoms with Crippen molar-refractivity contribution in [1.82, 2.24) is 10.3 Å². The molecule has 0 aromatic carbocycles. The molecule has 1 atom stereocenters. The molecule has 3 rings (SSSR count). The number of hydrogen-bond donors (Lipinski definition) is 1. The standard InChI is InChI=1S/C16H21BrN2S2/c1-9-11(17)7-12(21-9)14(18-10-5-6-10)15-19-13(8-20-15)16(2,3)4/h7-8,10,14,18H,5-6H2,1-4H3. The minimum Gasteiger partial charge on any atom is -0.301 e. The van der Waals surface area contributed by atoms with Gasteiger partial charge in [0.2, 0.25) is 0 Å². The zero-order valence-corrected chi connectivity index (χ0v) is 16.1. The van der Waals surface area contributed by atoms with Crippen LogP contribution in [0.5, 0.6) is 0 Å². The van der Waals surface area contributed by atoms with Crippen molar-refractivity contribution in [3.05, 3.63) is 36.4 Å². The Kier molecular flexibility index (Phi) is 4.30. The summed E-state index contributed by atoms with van der Waals surface area (Å²) in [6.45, 7) is 8.83. The Morgan fingerprint density at radius 1 is 1.38 bits per heavy atom. The van der Waals surface area contributed by atoms with E-state index in [9.17, 15) is 0 Å². The van der Waals surface area contributed by atoms with Gasteiger partial charge in [-0.1, -0.05) is 20.8 Å². The molecule has 1 N–H and O–H groups in total. The lowest BCUT2D eigenvalue weighted by atomic mass is 9.93. The Hall–Kier alpha value is -0.230. The molecule has 0 saturated heterocycles. The minimum atomic E-state index is 0.116. The highest BCUT2D eigenvalue weighted by Gasteiger charge is 2.30. The summed E-state index contributed by atoms with van der Waals surface area (Å²) in [5, 5.41) is 7.18. The number of nitrogens with zero attached hydrogens (tertiary/aromatic N) is 1. The molecule has 1 aliphatic carbocycles. The highest BCUT2D eigenvalue weighted by Crippen LogP contribution is 2.38. The molecule has 1 saturated carbocycles. The molecule has 0 bridgehead atoms. The highest BCUT2D eigenvalue weighted by atomic mass is 79.9. The first kappa shape index (κ1) is 15.7. The van der Waals surface area contributed by atoms with Crippen molar-refractivity contribution in [1.29, 1.82) is 0 Å². The van der Waals surface area contributed by atoms with Gasteiger partial charge in [-0.3, -0.25) is 0 Å². The lowest BCUT2D eigenvalue weighted by Gasteiger charge is -2.17. The maximum Gasteiger partial charge on any atom is 0.115 e. The first-order chi connectivity index (χ1) is 9.84. The molecule has 0 spiro atoms. The smallest absolute Gasteiger partial charge is 0.115 e. The third-order valence-corrected chi connectivity index (χ3v) is 6.79. The number of hydrogen-bond acceptors (Lipinski definition) is 4. The monoisotopic (exact) mass is 384 g/mol. The normalized spacial score (nSPS) is 17.2. The average molecular weight is 385 g/mol. The van der Waals surface area contributed by atoms with Gasteiger partial charge < -0.3 is 5.32 Å². The summed E-state index contributed by atoms with van der Waals surface area (Å²) in [4.78, 5) is 7.62. The number of nitrogens with one attached hydrogen (secondary N) is 1. The summed E-state index contributed by atoms with van der Waals surface area (Å²) in [6.07, 6.45) is 2.58. The first-order valence-electron chi connectivity index (χ1n) is 7.32. The fraction of sp³-hybridized carbons (Fsp3) is 0.562. The average Bonchev–Trinajstić information content (AvgIpc) is 2.95. The number of thiophene rings is 1. The van der Waals surface area contributed by atoms with E-state index in [4.69, 9.17) is 4.98 Å². The highest BCUT2D eigenvalue weighted by molar-refractivity contribution is 9.10. The number of halogens is 1. The van der Waals surface area contributed by atoms with Crippen molar-refractivity contribution < 1.29 is 0 Å². The van der Waals surface area contributed by atoms with Crippen LogP contribution in [-0.2, 0) is 5.41 Å². The van der Waals surface area contributed by atoms with E-state index in [-0.39, 0.29) is 11.5 Å². The number of rotatable bonds is 4. The van der Waals surface area contributed by atoms with Gasteiger partial charge in [-0.05, 0) is 41.8 Å². The third-order valence-electron chi connectivity index (χ3n) is 3.68. The van der Waals surface area contributed by atoms with E-state index in [1.807, 2.05) is 11.3 Å². The second-order valence-electron chi connectivity index (χ2n) is 6.75. The predicted molar refractivity (Wildman–Crippen MR) is 95.6 cm³/mol. The van der Waals surface area contributed by atoms with E-state index >= 15 is 0 Å². The van der Waals surface area contributed by atoms with Crippen LogP contribution < -0.4 is 5.32 Å². The summed E-state index contributed by atoms with van der Waals surface area (Å²) in [6, 6.07) is 3.16. The quantitative estimate of drug-likeness (QED) is 0.761. The van der Waals surface area contributed by atoms with E-state index in [0.29, 0.717) is 6.04 Å². The summed E-state index contributed by atoms with van der Waals surface area (Å²) >= 11 is 7.28. The second-order valence-corrected chi connectivity index (χ2v) is 9.78. The lowest BCUT2D eigenvalue weighted by molar-refractivity contribution is 0.559. The van der Waals surface area contributed by atoms with Crippen molar-refractivity contribution in [3.63, 3.8) is 0 Å². The van der Waals surface area contributed by atoms with Crippen LogP contribution in [0.25, 0.3) is 0 Å². The molecule has 5 heteroatoms. The van der Waals surface area contributed by atoms with Crippen molar-refractivity contribution in [2.24, 2.45) is 0 Å². The van der Waals surface area contributed by atoms with Crippen LogP contribution in [-0.4, -0.2) is 11.0 Å². The fourth-order valence-corrected chi connectivity index (χ4v) is 4.97. The lowest BCUT2D eigenvalue weighted by Crippen LogP contribution is -2.24. The fourth-order valence-electron chi connectivity index (χ4n) is 2.15. The molecule has 114 valence electrons. The topological polar surface area (TPSA) is 24.9 Å². The maximum atomic E-state index is 4.93. The molecular weight excluding hydrogens is 364 g/mol. The summed E-state index contributed by atoms with van der Waals surface area (Å²) in [5.74, 6) is 0. The van der Waals surface area contributed by atoms with E-state index in [0.717, 1.165) is 0 Å². The van der Waals surface area contributed by atoms with Crippen LogP contribution >= 0.6 is 38.6 Å². The van der Waals surface area contributed by atoms with Gasteiger partial charge in [-0.25, -0.2) is 4.98 Å². The van der Waals surface area contributed by atoms with E-state index < -0.39 is 0 Å². The summed E-state index contributed by atoms with van der Waals surface area (Å²) in [7, 11) is 0. The molecule has 1 fully saturated rings. The molecule has 21 heavy (non-hydrogen) atoms. The number of aryl methyl sites for hydroxylation is 1. The van der Waals surface area contributed by atoms with Crippen LogP contribution in [0.4, 0.5) is 0 Å². The SMILES string of the molecule is Cc1sc(C(NC2CC2)c2nc(C(C)(C)C)cs2)cc1Br. The summed E-state index contributed by atoms with van der Waals surface area (Å²) < 4.78 is 1.21. The van der Waals surface area contributed by atoms with Crippen molar-refractivity contribution in [3.8, 4) is 0 Å². The Bertz CT molecular complexity index is 615. The minimum absolute atomic E-state index is 0.116. The van der Waals surface area contributed by atoms with Gasteiger partial charge >= 0.3 is 0 Å². The van der Waals surface area contributed by atoms with E-state index in [2.05, 4.69) is 60.4 Å². The molecule has 2 heterocycles.